The third-order valence-electron chi connectivity index (χ3n) is 2.26. The predicted octanol–water partition coefficient (Wildman–Crippen LogP) is 1.21. The van der Waals surface area contributed by atoms with Crippen LogP contribution in [0.3, 0.4) is 0 Å². The molecular weight excluding hydrogens is 220 g/mol. The van der Waals surface area contributed by atoms with Crippen molar-refractivity contribution in [1.82, 2.24) is 4.98 Å². The lowest BCUT2D eigenvalue weighted by molar-refractivity contribution is 0.0641. The summed E-state index contributed by atoms with van der Waals surface area (Å²) < 4.78 is 10.1. The summed E-state index contributed by atoms with van der Waals surface area (Å²) in [5, 5.41) is 0. The molecule has 0 atom stereocenters. The van der Waals surface area contributed by atoms with E-state index in [9.17, 15) is 4.79 Å². The van der Waals surface area contributed by atoms with Gasteiger partial charge in [0.05, 0.1) is 25.4 Å². The Kier molecular flexibility index (Phi) is 5.59. The van der Waals surface area contributed by atoms with Gasteiger partial charge in [-0.15, -0.1) is 0 Å². The number of methoxy groups -OCH3 is 1. The van der Waals surface area contributed by atoms with Crippen molar-refractivity contribution >= 4 is 11.6 Å². The van der Waals surface area contributed by atoms with Gasteiger partial charge in [0.25, 0.3) is 0 Å². The number of anilines is 1. The number of nitrogens with zero attached hydrogens (tertiary/aromatic N) is 1. The highest BCUT2D eigenvalue weighted by Crippen LogP contribution is 2.12. The Balaban J connectivity index is 2.44. The Morgan fingerprint density at radius 2 is 2.18 bits per heavy atom. The first-order valence-corrected chi connectivity index (χ1v) is 5.47. The Bertz CT molecular complexity index is 380. The Morgan fingerprint density at radius 1 is 1.41 bits per heavy atom. The number of ketones is 1. The van der Waals surface area contributed by atoms with Gasteiger partial charge in [-0.25, -0.2) is 4.98 Å². The monoisotopic (exact) mass is 238 g/mol. The lowest BCUT2D eigenvalue weighted by Gasteiger charge is -2.06. The molecule has 0 saturated heterocycles. The third-order valence-corrected chi connectivity index (χ3v) is 2.26. The largest absolute Gasteiger partial charge is 0.383 e. The van der Waals surface area contributed by atoms with E-state index in [1.54, 1.807) is 19.4 Å². The summed E-state index contributed by atoms with van der Waals surface area (Å²) in [6.45, 7) is 3.27. The summed E-state index contributed by atoms with van der Waals surface area (Å²) in [5.74, 6) is 0.230. The van der Waals surface area contributed by atoms with E-state index in [1.165, 1.54) is 0 Å². The fourth-order valence-corrected chi connectivity index (χ4v) is 1.35. The Morgan fingerprint density at radius 3 is 2.88 bits per heavy atom. The molecular formula is C12H18N2O3. The number of carbonyl (C=O) groups excluding carboxylic acids is 1. The van der Waals surface area contributed by atoms with Gasteiger partial charge in [0.2, 0.25) is 0 Å². The summed E-state index contributed by atoms with van der Waals surface area (Å²) in [6.07, 6.45) is 1.94. The molecule has 1 heterocycles. The normalized spacial score (nSPS) is 10.5. The van der Waals surface area contributed by atoms with Crippen LogP contribution in [0.15, 0.2) is 12.3 Å². The zero-order valence-electron chi connectivity index (χ0n) is 10.2. The first kappa shape index (κ1) is 13.6. The fraction of sp³-hybridized carbons (Fsp3) is 0.500. The van der Waals surface area contributed by atoms with Gasteiger partial charge >= 0.3 is 0 Å². The molecule has 2 N–H and O–H groups in total. The van der Waals surface area contributed by atoms with E-state index in [1.807, 2.05) is 6.92 Å². The second-order valence-electron chi connectivity index (χ2n) is 3.72. The smallest absolute Gasteiger partial charge is 0.168 e. The third kappa shape index (κ3) is 4.50. The first-order chi connectivity index (χ1) is 8.15. The molecule has 0 aliphatic carbocycles. The topological polar surface area (TPSA) is 74.4 Å². The number of nitrogen functional groups attached to an aromatic ring is 1. The van der Waals surface area contributed by atoms with Crippen molar-refractivity contribution in [2.24, 2.45) is 0 Å². The minimum Gasteiger partial charge on any atom is -0.383 e. The van der Waals surface area contributed by atoms with Crippen molar-refractivity contribution in [2.75, 3.05) is 32.7 Å². The SMILES string of the molecule is COCCOCCC(=O)c1cc(C)cnc1N. The van der Waals surface area contributed by atoms with Gasteiger partial charge in [0, 0.05) is 19.7 Å². The summed E-state index contributed by atoms with van der Waals surface area (Å²) in [7, 11) is 1.60. The number of ether oxygens (including phenoxy) is 2. The van der Waals surface area contributed by atoms with Crippen LogP contribution in [0.2, 0.25) is 0 Å². The Hall–Kier alpha value is -1.46. The molecule has 1 aromatic heterocycles. The molecule has 0 aliphatic heterocycles. The summed E-state index contributed by atoms with van der Waals surface area (Å²) in [6, 6.07) is 1.75. The number of pyridine rings is 1. The number of Topliss-reactive ketones (excluding diaryl/α,β-unsaturated/α-hetero) is 1. The van der Waals surface area contributed by atoms with Crippen LogP contribution in [0.4, 0.5) is 5.82 Å². The van der Waals surface area contributed by atoms with Crippen molar-refractivity contribution in [3.05, 3.63) is 23.4 Å². The maximum Gasteiger partial charge on any atom is 0.168 e. The Labute approximate surface area is 101 Å². The summed E-state index contributed by atoms with van der Waals surface area (Å²) >= 11 is 0. The minimum atomic E-state index is -0.0453. The van der Waals surface area contributed by atoms with E-state index in [-0.39, 0.29) is 11.6 Å². The molecule has 0 unspecified atom stereocenters. The quantitative estimate of drug-likeness (QED) is 0.571. The van der Waals surface area contributed by atoms with Gasteiger partial charge in [-0.3, -0.25) is 4.79 Å². The van der Waals surface area contributed by atoms with E-state index in [0.717, 1.165) is 5.56 Å². The van der Waals surface area contributed by atoms with Crippen molar-refractivity contribution in [1.29, 1.82) is 0 Å². The maximum absolute atomic E-state index is 11.8. The first-order valence-electron chi connectivity index (χ1n) is 5.47. The van der Waals surface area contributed by atoms with Crippen molar-refractivity contribution in [3.63, 3.8) is 0 Å². The van der Waals surface area contributed by atoms with E-state index in [4.69, 9.17) is 15.2 Å². The van der Waals surface area contributed by atoms with Crippen LogP contribution >= 0.6 is 0 Å². The molecule has 0 radical (unpaired) electrons. The van der Waals surface area contributed by atoms with Crippen molar-refractivity contribution < 1.29 is 14.3 Å². The van der Waals surface area contributed by atoms with Gasteiger partial charge < -0.3 is 15.2 Å². The lowest BCUT2D eigenvalue weighted by Crippen LogP contribution is -2.10. The van der Waals surface area contributed by atoms with Gasteiger partial charge in [0.1, 0.15) is 5.82 Å². The molecule has 0 saturated carbocycles. The van der Waals surface area contributed by atoms with Gasteiger partial charge in [0.15, 0.2) is 5.78 Å². The van der Waals surface area contributed by atoms with Crippen LogP contribution in [0.25, 0.3) is 0 Å². The molecule has 94 valence electrons. The van der Waals surface area contributed by atoms with Crippen LogP contribution in [0.1, 0.15) is 22.3 Å². The molecule has 1 aromatic rings. The minimum absolute atomic E-state index is 0.0453. The predicted molar refractivity (Wildman–Crippen MR) is 65.0 cm³/mol. The number of carbonyl (C=O) groups is 1. The number of nitrogens with two attached hydrogens (primary N) is 1. The number of aromatic nitrogens is 1. The average molecular weight is 238 g/mol. The second kappa shape index (κ2) is 6.98. The molecule has 0 fully saturated rings. The van der Waals surface area contributed by atoms with E-state index in [0.29, 0.717) is 31.8 Å². The molecule has 0 aromatic carbocycles. The maximum atomic E-state index is 11.8. The molecule has 5 nitrogen and oxygen atoms in total. The van der Waals surface area contributed by atoms with Crippen molar-refractivity contribution in [3.8, 4) is 0 Å². The zero-order chi connectivity index (χ0) is 12.7. The molecule has 0 amide bonds. The highest BCUT2D eigenvalue weighted by atomic mass is 16.5. The molecule has 5 heteroatoms. The number of hydrogen-bond donors (Lipinski definition) is 1. The van der Waals surface area contributed by atoms with E-state index < -0.39 is 0 Å². The van der Waals surface area contributed by atoms with Crippen molar-refractivity contribution in [2.45, 2.75) is 13.3 Å². The standard InChI is InChI=1S/C12H18N2O3/c1-9-7-10(12(13)14-8-9)11(15)3-4-17-6-5-16-2/h7-8H,3-6H2,1-2H3,(H2,13,14). The summed E-state index contributed by atoms with van der Waals surface area (Å²) in [5.41, 5.74) is 7.04. The average Bonchev–Trinajstić information content (AvgIpc) is 2.32. The molecule has 0 aliphatic rings. The summed E-state index contributed by atoms with van der Waals surface area (Å²) in [4.78, 5) is 15.8. The number of rotatable bonds is 7. The van der Waals surface area contributed by atoms with Crippen LogP contribution in [0, 0.1) is 6.92 Å². The van der Waals surface area contributed by atoms with Gasteiger partial charge in [-0.1, -0.05) is 0 Å². The van der Waals surface area contributed by atoms with Crippen LogP contribution < -0.4 is 5.73 Å². The lowest BCUT2D eigenvalue weighted by atomic mass is 10.1. The van der Waals surface area contributed by atoms with E-state index >= 15 is 0 Å². The molecule has 0 bridgehead atoms. The van der Waals surface area contributed by atoms with Crippen LogP contribution in [0.5, 0.6) is 0 Å². The highest BCUT2D eigenvalue weighted by Gasteiger charge is 2.10. The van der Waals surface area contributed by atoms with Gasteiger partial charge in [-0.2, -0.15) is 0 Å². The van der Waals surface area contributed by atoms with Crippen LogP contribution in [-0.4, -0.2) is 37.7 Å². The fourth-order valence-electron chi connectivity index (χ4n) is 1.35. The molecule has 17 heavy (non-hydrogen) atoms. The number of hydrogen-bond acceptors (Lipinski definition) is 5. The van der Waals surface area contributed by atoms with E-state index in [2.05, 4.69) is 4.98 Å². The molecule has 1 rings (SSSR count). The number of aryl methyl sites for hydroxylation is 1. The van der Waals surface area contributed by atoms with Crippen LogP contribution in [-0.2, 0) is 9.47 Å². The van der Waals surface area contributed by atoms with Gasteiger partial charge in [-0.05, 0) is 18.6 Å². The second-order valence-corrected chi connectivity index (χ2v) is 3.72. The highest BCUT2D eigenvalue weighted by molar-refractivity contribution is 6.00. The molecule has 0 spiro atoms. The zero-order valence-corrected chi connectivity index (χ0v) is 10.2.